The van der Waals surface area contributed by atoms with Gasteiger partial charge in [-0.25, -0.2) is 9.59 Å². The second-order valence-corrected chi connectivity index (χ2v) is 8.96. The molecular weight excluding hydrogens is 420 g/mol. The standard InChI is InChI=1S/C27H36O6/c1-18(2)14-24-15-22(27(30)33-24)11-7-10-19(3)8-6-9-20(4)12-13-25(32-21(5)28)23-16-26(29)31-17-23/h8,11-12,14,16,24-25H,6-7,9-10,13,15,17H2,1-5H3/b19-8+,20-12+,22-11-/t24-,25-/m1/s1. The lowest BCUT2D eigenvalue weighted by Gasteiger charge is -2.16. The van der Waals surface area contributed by atoms with Crippen LogP contribution in [-0.2, 0) is 28.6 Å². The van der Waals surface area contributed by atoms with Crippen molar-refractivity contribution in [2.24, 2.45) is 0 Å². The number of carbonyl (C=O) groups is 3. The number of esters is 3. The molecule has 2 atom stereocenters. The normalized spacial score (nSPS) is 20.9. The first-order valence-corrected chi connectivity index (χ1v) is 11.5. The Morgan fingerprint density at radius 3 is 2.42 bits per heavy atom. The zero-order chi connectivity index (χ0) is 24.4. The van der Waals surface area contributed by atoms with E-state index in [-0.39, 0.29) is 24.6 Å². The summed E-state index contributed by atoms with van der Waals surface area (Å²) >= 11 is 0. The van der Waals surface area contributed by atoms with Crippen LogP contribution >= 0.6 is 0 Å². The van der Waals surface area contributed by atoms with E-state index in [0.29, 0.717) is 18.4 Å². The van der Waals surface area contributed by atoms with Gasteiger partial charge in [-0.2, -0.15) is 0 Å². The summed E-state index contributed by atoms with van der Waals surface area (Å²) < 4.78 is 15.7. The van der Waals surface area contributed by atoms with Crippen molar-refractivity contribution in [1.29, 1.82) is 0 Å². The van der Waals surface area contributed by atoms with Gasteiger partial charge in [0.05, 0.1) is 0 Å². The average Bonchev–Trinajstić information content (AvgIpc) is 3.29. The van der Waals surface area contributed by atoms with Crippen molar-refractivity contribution < 1.29 is 28.6 Å². The lowest BCUT2D eigenvalue weighted by molar-refractivity contribution is -0.144. The van der Waals surface area contributed by atoms with Gasteiger partial charge >= 0.3 is 17.9 Å². The first-order valence-electron chi connectivity index (χ1n) is 11.5. The van der Waals surface area contributed by atoms with Crippen molar-refractivity contribution >= 4 is 17.9 Å². The molecule has 2 aliphatic heterocycles. The fourth-order valence-electron chi connectivity index (χ4n) is 3.77. The Morgan fingerprint density at radius 1 is 1.09 bits per heavy atom. The highest BCUT2D eigenvalue weighted by molar-refractivity contribution is 5.90. The predicted octanol–water partition coefficient (Wildman–Crippen LogP) is 5.45. The average molecular weight is 457 g/mol. The first-order chi connectivity index (χ1) is 15.6. The molecule has 33 heavy (non-hydrogen) atoms. The van der Waals surface area contributed by atoms with Crippen LogP contribution in [0.3, 0.4) is 0 Å². The molecular formula is C27H36O6. The van der Waals surface area contributed by atoms with Crippen LogP contribution in [-0.4, -0.2) is 36.7 Å². The van der Waals surface area contributed by atoms with Crippen LogP contribution in [0.4, 0.5) is 0 Å². The smallest absolute Gasteiger partial charge is 0.334 e. The highest BCUT2D eigenvalue weighted by Crippen LogP contribution is 2.24. The number of hydrogen-bond donors (Lipinski definition) is 0. The van der Waals surface area contributed by atoms with Gasteiger partial charge < -0.3 is 14.2 Å². The number of allylic oxidation sites excluding steroid dienone is 5. The largest absolute Gasteiger partial charge is 0.458 e. The molecule has 0 amide bonds. The third-order valence-electron chi connectivity index (χ3n) is 5.51. The number of carbonyl (C=O) groups excluding carboxylic acids is 3. The molecule has 2 aliphatic rings. The molecule has 2 heterocycles. The molecule has 0 aromatic carbocycles. The minimum atomic E-state index is -0.465. The molecule has 0 saturated carbocycles. The maximum Gasteiger partial charge on any atom is 0.334 e. The maximum atomic E-state index is 12.0. The molecule has 0 spiro atoms. The van der Waals surface area contributed by atoms with Gasteiger partial charge in [0.25, 0.3) is 0 Å². The Balaban J connectivity index is 1.77. The van der Waals surface area contributed by atoms with E-state index in [1.54, 1.807) is 0 Å². The van der Waals surface area contributed by atoms with Crippen molar-refractivity contribution in [1.82, 2.24) is 0 Å². The minimum absolute atomic E-state index is 0.126. The molecule has 6 heteroatoms. The van der Waals surface area contributed by atoms with Gasteiger partial charge in [0, 0.05) is 37.0 Å². The molecule has 1 saturated heterocycles. The second-order valence-electron chi connectivity index (χ2n) is 8.96. The topological polar surface area (TPSA) is 78.9 Å². The van der Waals surface area contributed by atoms with Crippen molar-refractivity contribution in [3.05, 3.63) is 58.2 Å². The SMILES string of the molecule is CC(=O)O[C@H](C/C=C(\C)CC/C=C(\C)CC/C=C1/C[C@@H](C=C(C)C)OC1=O)C1=CC(=O)OC1. The summed E-state index contributed by atoms with van der Waals surface area (Å²) in [5.41, 5.74) is 5.11. The molecule has 1 fully saturated rings. The Labute approximate surface area is 197 Å². The molecule has 2 rings (SSSR count). The third kappa shape index (κ3) is 9.64. The van der Waals surface area contributed by atoms with Crippen LogP contribution in [0, 0.1) is 0 Å². The molecule has 0 aliphatic carbocycles. The van der Waals surface area contributed by atoms with Crippen LogP contribution in [0.15, 0.2) is 58.2 Å². The lowest BCUT2D eigenvalue weighted by Crippen LogP contribution is -2.19. The van der Waals surface area contributed by atoms with E-state index in [9.17, 15) is 14.4 Å². The van der Waals surface area contributed by atoms with Crippen molar-refractivity contribution in [2.75, 3.05) is 6.61 Å². The Hall–Kier alpha value is -2.89. The van der Waals surface area contributed by atoms with Crippen molar-refractivity contribution in [3.63, 3.8) is 0 Å². The van der Waals surface area contributed by atoms with Crippen LogP contribution < -0.4 is 0 Å². The number of cyclic esters (lactones) is 2. The number of ether oxygens (including phenoxy) is 3. The van der Waals surface area contributed by atoms with Gasteiger partial charge in [-0.3, -0.25) is 4.79 Å². The van der Waals surface area contributed by atoms with Gasteiger partial charge in [-0.1, -0.05) is 34.9 Å². The number of rotatable bonds is 11. The predicted molar refractivity (Wildman–Crippen MR) is 127 cm³/mol. The maximum absolute atomic E-state index is 12.0. The van der Waals surface area contributed by atoms with Crippen LogP contribution in [0.5, 0.6) is 0 Å². The Morgan fingerprint density at radius 2 is 1.79 bits per heavy atom. The van der Waals surface area contributed by atoms with Gasteiger partial charge in [0.2, 0.25) is 0 Å². The molecule has 0 radical (unpaired) electrons. The summed E-state index contributed by atoms with van der Waals surface area (Å²) in [6, 6.07) is 0. The van der Waals surface area contributed by atoms with Crippen LogP contribution in [0.2, 0.25) is 0 Å². The summed E-state index contributed by atoms with van der Waals surface area (Å²) in [7, 11) is 0. The minimum Gasteiger partial charge on any atom is -0.458 e. The van der Waals surface area contributed by atoms with E-state index >= 15 is 0 Å². The van der Waals surface area contributed by atoms with E-state index < -0.39 is 12.1 Å². The van der Waals surface area contributed by atoms with Crippen molar-refractivity contribution in [2.45, 2.75) is 85.4 Å². The van der Waals surface area contributed by atoms with Crippen LogP contribution in [0.25, 0.3) is 0 Å². The molecule has 0 bridgehead atoms. The number of hydrogen-bond acceptors (Lipinski definition) is 6. The van der Waals surface area contributed by atoms with Gasteiger partial charge in [-0.15, -0.1) is 0 Å². The fraction of sp³-hybridized carbons (Fsp3) is 0.519. The van der Waals surface area contributed by atoms with Crippen LogP contribution in [0.1, 0.15) is 73.1 Å². The van der Waals surface area contributed by atoms with E-state index in [1.807, 2.05) is 26.0 Å². The highest BCUT2D eigenvalue weighted by atomic mass is 16.6. The fourth-order valence-corrected chi connectivity index (χ4v) is 3.77. The van der Waals surface area contributed by atoms with E-state index in [4.69, 9.17) is 14.2 Å². The van der Waals surface area contributed by atoms with E-state index in [0.717, 1.165) is 36.8 Å². The zero-order valence-electron chi connectivity index (χ0n) is 20.4. The summed E-state index contributed by atoms with van der Waals surface area (Å²) in [6.45, 7) is 9.71. The summed E-state index contributed by atoms with van der Waals surface area (Å²) in [5, 5.41) is 0. The highest BCUT2D eigenvalue weighted by Gasteiger charge is 2.26. The molecule has 0 N–H and O–H groups in total. The Kier molecular flexibility index (Phi) is 10.4. The van der Waals surface area contributed by atoms with Gasteiger partial charge in [0.15, 0.2) is 0 Å². The van der Waals surface area contributed by atoms with E-state index in [2.05, 4.69) is 26.0 Å². The molecule has 0 unspecified atom stereocenters. The summed E-state index contributed by atoms with van der Waals surface area (Å²) in [6.07, 6.45) is 13.8. The molecule has 0 aromatic rings. The summed E-state index contributed by atoms with van der Waals surface area (Å²) in [5.74, 6) is -0.967. The van der Waals surface area contributed by atoms with Gasteiger partial charge in [-0.05, 0) is 59.5 Å². The molecule has 6 nitrogen and oxygen atoms in total. The molecule has 180 valence electrons. The van der Waals surface area contributed by atoms with E-state index in [1.165, 1.54) is 24.1 Å². The second kappa shape index (κ2) is 13.0. The van der Waals surface area contributed by atoms with Gasteiger partial charge in [0.1, 0.15) is 18.8 Å². The Bertz CT molecular complexity index is 896. The third-order valence-corrected chi connectivity index (χ3v) is 5.51. The molecule has 0 aromatic heterocycles. The monoisotopic (exact) mass is 456 g/mol. The van der Waals surface area contributed by atoms with Crippen molar-refractivity contribution in [3.8, 4) is 0 Å². The summed E-state index contributed by atoms with van der Waals surface area (Å²) in [4.78, 5) is 34.7. The lowest BCUT2D eigenvalue weighted by atomic mass is 10.0. The zero-order valence-corrected chi connectivity index (χ0v) is 20.4. The first kappa shape index (κ1) is 26.4. The quantitative estimate of drug-likeness (QED) is 0.178.